The second-order valence-corrected chi connectivity index (χ2v) is 8.48. The van der Waals surface area contributed by atoms with Crippen molar-refractivity contribution in [3.8, 4) is 0 Å². The highest BCUT2D eigenvalue weighted by Crippen LogP contribution is 2.28. The molecule has 0 bridgehead atoms. The average Bonchev–Trinajstić information content (AvgIpc) is 2.71. The maximum atomic E-state index is 12.8. The molecule has 0 heterocycles. The summed E-state index contributed by atoms with van der Waals surface area (Å²) in [6, 6.07) is 20.5. The van der Waals surface area contributed by atoms with E-state index in [2.05, 4.69) is 4.72 Å². The normalized spacial score (nSPS) is 12.2. The van der Waals surface area contributed by atoms with Crippen LogP contribution in [0.1, 0.15) is 28.2 Å². The molecule has 3 N–H and O–H groups in total. The van der Waals surface area contributed by atoms with E-state index in [0.717, 1.165) is 11.1 Å². The minimum absolute atomic E-state index is 0.165. The van der Waals surface area contributed by atoms with Gasteiger partial charge in [0.05, 0.1) is 10.8 Å². The summed E-state index contributed by atoms with van der Waals surface area (Å²) in [5.74, 6) is -1.39. The van der Waals surface area contributed by atoms with E-state index in [4.69, 9.17) is 5.21 Å². The van der Waals surface area contributed by atoms with Crippen molar-refractivity contribution < 1.29 is 18.4 Å². The lowest BCUT2D eigenvalue weighted by molar-refractivity contribution is -0.129. The zero-order valence-corrected chi connectivity index (χ0v) is 16.9. The fourth-order valence-corrected chi connectivity index (χ4v) is 4.22. The SMILES string of the molecule is Cc1ccc(S(=O)(=O)Nc2cccc(C(C(=O)NO)c3ccccc3)c2)cc1C. The first-order valence-electron chi connectivity index (χ1n) is 9.01. The molecular weight excluding hydrogens is 388 g/mol. The molecule has 0 fully saturated rings. The van der Waals surface area contributed by atoms with Crippen LogP contribution in [0.2, 0.25) is 0 Å². The Hall–Kier alpha value is -3.16. The van der Waals surface area contributed by atoms with Crippen molar-refractivity contribution in [3.05, 3.63) is 95.1 Å². The molecule has 3 aromatic carbocycles. The van der Waals surface area contributed by atoms with Crippen molar-refractivity contribution >= 4 is 21.6 Å². The van der Waals surface area contributed by atoms with Crippen molar-refractivity contribution in [1.29, 1.82) is 0 Å². The molecule has 1 atom stereocenters. The topological polar surface area (TPSA) is 95.5 Å². The molecule has 1 amide bonds. The van der Waals surface area contributed by atoms with Crippen LogP contribution in [-0.2, 0) is 14.8 Å². The molecule has 0 aliphatic heterocycles. The lowest BCUT2D eigenvalue weighted by Gasteiger charge is -2.17. The summed E-state index contributed by atoms with van der Waals surface area (Å²) in [5, 5.41) is 9.17. The molecule has 0 saturated carbocycles. The summed E-state index contributed by atoms with van der Waals surface area (Å²) in [6.45, 7) is 3.77. The number of carbonyl (C=O) groups excluding carboxylic acids is 1. The van der Waals surface area contributed by atoms with Crippen LogP contribution in [0.4, 0.5) is 5.69 Å². The number of anilines is 1. The second-order valence-electron chi connectivity index (χ2n) is 6.80. The fourth-order valence-electron chi connectivity index (χ4n) is 3.08. The number of nitrogens with one attached hydrogen (secondary N) is 2. The van der Waals surface area contributed by atoms with E-state index >= 15 is 0 Å². The third-order valence-electron chi connectivity index (χ3n) is 4.77. The minimum atomic E-state index is -3.79. The van der Waals surface area contributed by atoms with Crippen molar-refractivity contribution in [2.45, 2.75) is 24.7 Å². The van der Waals surface area contributed by atoms with Gasteiger partial charge in [-0.2, -0.15) is 0 Å². The maximum Gasteiger partial charge on any atom is 0.261 e. The van der Waals surface area contributed by atoms with Gasteiger partial charge < -0.3 is 0 Å². The van der Waals surface area contributed by atoms with Crippen molar-refractivity contribution in [2.24, 2.45) is 0 Å². The smallest absolute Gasteiger partial charge is 0.261 e. The third kappa shape index (κ3) is 4.64. The first-order valence-corrected chi connectivity index (χ1v) is 10.5. The Morgan fingerprint density at radius 1 is 0.862 bits per heavy atom. The number of rotatable bonds is 6. The van der Waals surface area contributed by atoms with Crippen LogP contribution in [0.25, 0.3) is 0 Å². The molecule has 29 heavy (non-hydrogen) atoms. The van der Waals surface area contributed by atoms with Crippen LogP contribution in [0.3, 0.4) is 0 Å². The van der Waals surface area contributed by atoms with E-state index in [1.54, 1.807) is 72.2 Å². The highest BCUT2D eigenvalue weighted by molar-refractivity contribution is 7.92. The number of hydroxylamine groups is 1. The Kier molecular flexibility index (Phi) is 6.00. The predicted octanol–water partition coefficient (Wildman–Crippen LogP) is 3.74. The molecule has 0 aromatic heterocycles. The fraction of sp³-hybridized carbons (Fsp3) is 0.136. The van der Waals surface area contributed by atoms with Gasteiger partial charge in [-0.3, -0.25) is 14.7 Å². The van der Waals surface area contributed by atoms with Gasteiger partial charge in [0.1, 0.15) is 0 Å². The first kappa shape index (κ1) is 20.6. The van der Waals surface area contributed by atoms with E-state index in [1.165, 1.54) is 0 Å². The number of hydrogen-bond acceptors (Lipinski definition) is 4. The number of carbonyl (C=O) groups is 1. The van der Waals surface area contributed by atoms with Crippen LogP contribution < -0.4 is 10.2 Å². The Balaban J connectivity index is 1.96. The molecule has 0 spiro atoms. The quantitative estimate of drug-likeness (QED) is 0.426. The first-order chi connectivity index (χ1) is 13.8. The molecule has 0 radical (unpaired) electrons. The van der Waals surface area contributed by atoms with Crippen LogP contribution in [0.5, 0.6) is 0 Å². The van der Waals surface area contributed by atoms with E-state index in [1.807, 2.05) is 19.9 Å². The Morgan fingerprint density at radius 3 is 2.21 bits per heavy atom. The van der Waals surface area contributed by atoms with Crippen LogP contribution in [0.15, 0.2) is 77.7 Å². The Bertz CT molecular complexity index is 1130. The largest absolute Gasteiger partial charge is 0.289 e. The standard InChI is InChI=1S/C22H22N2O4S/c1-15-11-12-20(13-16(15)2)29(27,28)24-19-10-6-9-18(14-19)21(22(25)23-26)17-7-4-3-5-8-17/h3-14,21,24,26H,1-2H3,(H,23,25). The van der Waals surface area contributed by atoms with E-state index < -0.39 is 21.8 Å². The summed E-state index contributed by atoms with van der Waals surface area (Å²) in [4.78, 5) is 12.5. The zero-order chi connectivity index (χ0) is 21.0. The highest BCUT2D eigenvalue weighted by Gasteiger charge is 2.23. The summed E-state index contributed by atoms with van der Waals surface area (Å²) < 4.78 is 28.1. The summed E-state index contributed by atoms with van der Waals surface area (Å²) in [7, 11) is -3.79. The predicted molar refractivity (Wildman–Crippen MR) is 111 cm³/mol. The van der Waals surface area contributed by atoms with E-state index in [0.29, 0.717) is 16.8 Å². The van der Waals surface area contributed by atoms with E-state index in [9.17, 15) is 13.2 Å². The lowest BCUT2D eigenvalue weighted by atomic mass is 9.90. The van der Waals surface area contributed by atoms with Gasteiger partial charge in [0.2, 0.25) is 0 Å². The van der Waals surface area contributed by atoms with Crippen molar-refractivity contribution in [2.75, 3.05) is 4.72 Å². The lowest BCUT2D eigenvalue weighted by Crippen LogP contribution is -2.27. The van der Waals surface area contributed by atoms with E-state index in [-0.39, 0.29) is 4.90 Å². The monoisotopic (exact) mass is 410 g/mol. The molecule has 6 nitrogen and oxygen atoms in total. The van der Waals surface area contributed by atoms with Gasteiger partial charge in [-0.15, -0.1) is 0 Å². The van der Waals surface area contributed by atoms with Gasteiger partial charge in [0, 0.05) is 5.69 Å². The summed E-state index contributed by atoms with van der Waals surface area (Å²) in [5.41, 5.74) is 5.12. The highest BCUT2D eigenvalue weighted by atomic mass is 32.2. The van der Waals surface area contributed by atoms with Crippen molar-refractivity contribution in [3.63, 3.8) is 0 Å². The number of hydrogen-bond donors (Lipinski definition) is 3. The van der Waals surface area contributed by atoms with Gasteiger partial charge in [0.25, 0.3) is 15.9 Å². The van der Waals surface area contributed by atoms with Gasteiger partial charge in [-0.1, -0.05) is 48.5 Å². The van der Waals surface area contributed by atoms with Gasteiger partial charge in [-0.25, -0.2) is 13.9 Å². The molecule has 0 saturated heterocycles. The molecule has 0 aliphatic carbocycles. The number of benzene rings is 3. The second kappa shape index (κ2) is 8.46. The van der Waals surface area contributed by atoms with Gasteiger partial charge in [0.15, 0.2) is 0 Å². The van der Waals surface area contributed by atoms with Crippen LogP contribution in [0, 0.1) is 13.8 Å². The summed E-state index contributed by atoms with van der Waals surface area (Å²) >= 11 is 0. The molecule has 1 unspecified atom stereocenters. The molecule has 7 heteroatoms. The number of amides is 1. The van der Waals surface area contributed by atoms with Gasteiger partial charge >= 0.3 is 0 Å². The molecule has 3 aromatic rings. The molecule has 3 rings (SSSR count). The van der Waals surface area contributed by atoms with Crippen molar-refractivity contribution in [1.82, 2.24) is 5.48 Å². The maximum absolute atomic E-state index is 12.8. The third-order valence-corrected chi connectivity index (χ3v) is 6.15. The molecular formula is C22H22N2O4S. The van der Waals surface area contributed by atoms with Gasteiger partial charge in [-0.05, 0) is 60.4 Å². The zero-order valence-electron chi connectivity index (χ0n) is 16.1. The average molecular weight is 410 g/mol. The number of sulfonamides is 1. The Morgan fingerprint density at radius 2 is 1.55 bits per heavy atom. The van der Waals surface area contributed by atoms with Crippen LogP contribution >= 0.6 is 0 Å². The number of aryl methyl sites for hydroxylation is 2. The molecule has 0 aliphatic rings. The summed E-state index contributed by atoms with van der Waals surface area (Å²) in [6.07, 6.45) is 0. The Labute approximate surface area is 170 Å². The minimum Gasteiger partial charge on any atom is -0.289 e. The van der Waals surface area contributed by atoms with Crippen LogP contribution in [-0.4, -0.2) is 19.5 Å². The molecule has 150 valence electrons.